The van der Waals surface area contributed by atoms with Crippen molar-refractivity contribution < 1.29 is 22.7 Å². The van der Waals surface area contributed by atoms with Gasteiger partial charge in [0.1, 0.15) is 0 Å². The number of amides is 2. The lowest BCUT2D eigenvalue weighted by Gasteiger charge is -2.28. The number of sulfonamides is 1. The third kappa shape index (κ3) is 11.1. The molecule has 11 heteroatoms. The molecule has 1 unspecified atom stereocenters. The first-order valence-corrected chi connectivity index (χ1v) is 14.9. The maximum Gasteiger partial charge on any atom is 0.315 e. The predicted octanol–water partition coefficient (Wildman–Crippen LogP) is 2.37. The molecule has 1 aromatic heterocycles. The Labute approximate surface area is 215 Å². The van der Waals surface area contributed by atoms with Gasteiger partial charge < -0.3 is 20.1 Å². The quantitative estimate of drug-likeness (QED) is 0.301. The first-order valence-electron chi connectivity index (χ1n) is 13.4. The Morgan fingerprint density at radius 1 is 1.14 bits per heavy atom. The smallest absolute Gasteiger partial charge is 0.315 e. The molecule has 2 fully saturated rings. The summed E-state index contributed by atoms with van der Waals surface area (Å²) in [6.45, 7) is 5.17. The topological polar surface area (TPSA) is 122 Å². The molecule has 36 heavy (non-hydrogen) atoms. The van der Waals surface area contributed by atoms with Gasteiger partial charge in [-0.25, -0.2) is 17.9 Å². The molecule has 1 saturated heterocycles. The minimum atomic E-state index is -3.57. The molecule has 204 valence electrons. The number of morpholine rings is 1. The van der Waals surface area contributed by atoms with Crippen molar-refractivity contribution in [2.45, 2.75) is 75.8 Å². The highest BCUT2D eigenvalue weighted by molar-refractivity contribution is 7.90. The zero-order valence-corrected chi connectivity index (χ0v) is 22.1. The fourth-order valence-corrected chi connectivity index (χ4v) is 6.16. The van der Waals surface area contributed by atoms with E-state index in [9.17, 15) is 13.2 Å². The van der Waals surface area contributed by atoms with Gasteiger partial charge in [-0.2, -0.15) is 0 Å². The fourth-order valence-electron chi connectivity index (χ4n) is 4.56. The Morgan fingerprint density at radius 3 is 2.69 bits per heavy atom. The van der Waals surface area contributed by atoms with Gasteiger partial charge in [0.15, 0.2) is 5.44 Å². The second-order valence-electron chi connectivity index (χ2n) is 9.57. The van der Waals surface area contributed by atoms with E-state index in [0.29, 0.717) is 52.3 Å². The summed E-state index contributed by atoms with van der Waals surface area (Å²) in [5.74, 6) is 0. The van der Waals surface area contributed by atoms with Crippen LogP contribution in [0, 0.1) is 0 Å². The van der Waals surface area contributed by atoms with Crippen LogP contribution >= 0.6 is 0 Å². The fraction of sp³-hybridized carbons (Fsp3) is 0.760. The van der Waals surface area contributed by atoms with Crippen LogP contribution in [0.3, 0.4) is 0 Å². The van der Waals surface area contributed by atoms with Crippen molar-refractivity contribution in [3.8, 4) is 0 Å². The van der Waals surface area contributed by atoms with Crippen LogP contribution in [0.25, 0.3) is 0 Å². The van der Waals surface area contributed by atoms with Crippen molar-refractivity contribution >= 4 is 16.1 Å². The van der Waals surface area contributed by atoms with Gasteiger partial charge in [-0.05, 0) is 43.7 Å². The maximum atomic E-state index is 13.1. The monoisotopic (exact) mass is 525 g/mol. The number of ether oxygens (including phenoxy) is 2. The second kappa shape index (κ2) is 16.1. The number of aromatic nitrogens is 1. The summed E-state index contributed by atoms with van der Waals surface area (Å²) in [6.07, 6.45) is 11.3. The van der Waals surface area contributed by atoms with Crippen LogP contribution in [0.2, 0.25) is 0 Å². The van der Waals surface area contributed by atoms with Gasteiger partial charge in [-0.1, -0.05) is 31.7 Å². The molecule has 1 atom stereocenters. The molecule has 0 aromatic carbocycles. The lowest BCUT2D eigenvalue weighted by Crippen LogP contribution is -2.44. The molecule has 0 bridgehead atoms. The molecule has 1 aromatic rings. The van der Waals surface area contributed by atoms with Crippen molar-refractivity contribution in [1.82, 2.24) is 25.2 Å². The molecule has 3 N–H and O–H groups in total. The van der Waals surface area contributed by atoms with E-state index in [1.807, 2.05) is 12.1 Å². The Hall–Kier alpha value is -1.79. The van der Waals surface area contributed by atoms with Crippen molar-refractivity contribution in [3.05, 3.63) is 30.1 Å². The molecule has 0 spiro atoms. The second-order valence-corrected chi connectivity index (χ2v) is 11.4. The Morgan fingerprint density at radius 2 is 1.94 bits per heavy atom. The standard InChI is InChI=1S/C25H43N5O5S/c31-25(28-21-22-8-7-12-26-20-22)27-13-6-2-5-11-24(35-19-16-30-14-17-34-18-15-30)36(32,33)29-23-9-3-1-4-10-23/h7-8,12,20,23-24,29H,1-6,9-11,13-19,21H2,(H2,27,28,31). The third-order valence-electron chi connectivity index (χ3n) is 6.68. The van der Waals surface area contributed by atoms with E-state index in [2.05, 4.69) is 25.2 Å². The molecular formula is C25H43N5O5S. The van der Waals surface area contributed by atoms with Crippen LogP contribution in [0.1, 0.15) is 63.4 Å². The van der Waals surface area contributed by atoms with E-state index in [-0.39, 0.29) is 12.1 Å². The summed E-state index contributed by atoms with van der Waals surface area (Å²) < 4.78 is 40.5. The van der Waals surface area contributed by atoms with E-state index in [1.165, 1.54) is 6.42 Å². The summed E-state index contributed by atoms with van der Waals surface area (Å²) in [5, 5.41) is 5.66. The molecule has 10 nitrogen and oxygen atoms in total. The summed E-state index contributed by atoms with van der Waals surface area (Å²) in [4.78, 5) is 18.2. The normalized spacial score (nSPS) is 18.6. The highest BCUT2D eigenvalue weighted by Crippen LogP contribution is 2.20. The molecule has 0 radical (unpaired) electrons. The largest absolute Gasteiger partial charge is 0.379 e. The number of hydrogen-bond acceptors (Lipinski definition) is 7. The van der Waals surface area contributed by atoms with Gasteiger partial charge in [0.25, 0.3) is 0 Å². The Balaban J connectivity index is 1.36. The third-order valence-corrected chi connectivity index (χ3v) is 8.40. The van der Waals surface area contributed by atoms with Crippen LogP contribution in [-0.4, -0.2) is 81.8 Å². The average Bonchev–Trinajstić information content (AvgIpc) is 2.90. The first kappa shape index (κ1) is 28.8. The number of nitrogens with zero attached hydrogens (tertiary/aromatic N) is 2. The molecule has 2 amide bonds. The highest BCUT2D eigenvalue weighted by Gasteiger charge is 2.29. The molecular weight excluding hydrogens is 482 g/mol. The number of hydrogen-bond donors (Lipinski definition) is 3. The van der Waals surface area contributed by atoms with Crippen molar-refractivity contribution in [2.24, 2.45) is 0 Å². The zero-order chi connectivity index (χ0) is 25.5. The highest BCUT2D eigenvalue weighted by atomic mass is 32.2. The minimum absolute atomic E-state index is 0.0171. The van der Waals surface area contributed by atoms with Crippen molar-refractivity contribution in [3.63, 3.8) is 0 Å². The van der Waals surface area contributed by atoms with Gasteiger partial charge in [-0.15, -0.1) is 0 Å². The van der Waals surface area contributed by atoms with Crippen LogP contribution in [0.4, 0.5) is 4.79 Å². The molecule has 1 aliphatic carbocycles. The predicted molar refractivity (Wildman–Crippen MR) is 139 cm³/mol. The number of unbranched alkanes of at least 4 members (excludes halogenated alkanes) is 2. The maximum absolute atomic E-state index is 13.1. The average molecular weight is 526 g/mol. The van der Waals surface area contributed by atoms with Gasteiger partial charge in [0.05, 0.1) is 19.8 Å². The zero-order valence-electron chi connectivity index (χ0n) is 21.3. The van der Waals surface area contributed by atoms with E-state index >= 15 is 0 Å². The van der Waals surface area contributed by atoms with Crippen molar-refractivity contribution in [2.75, 3.05) is 46.0 Å². The van der Waals surface area contributed by atoms with Crippen molar-refractivity contribution in [1.29, 1.82) is 0 Å². The molecule has 2 heterocycles. The van der Waals surface area contributed by atoms with Crippen LogP contribution in [0.5, 0.6) is 0 Å². The van der Waals surface area contributed by atoms with E-state index in [4.69, 9.17) is 9.47 Å². The van der Waals surface area contributed by atoms with Crippen LogP contribution in [0.15, 0.2) is 24.5 Å². The summed E-state index contributed by atoms with van der Waals surface area (Å²) >= 11 is 0. The molecule has 1 aliphatic heterocycles. The molecule has 2 aliphatic rings. The van der Waals surface area contributed by atoms with Crippen LogP contribution < -0.4 is 15.4 Å². The Bertz CT molecular complexity index is 846. The van der Waals surface area contributed by atoms with Gasteiger partial charge in [0.2, 0.25) is 10.0 Å². The summed E-state index contributed by atoms with van der Waals surface area (Å²) in [7, 11) is -3.57. The number of urea groups is 1. The first-order chi connectivity index (χ1) is 17.5. The van der Waals surface area contributed by atoms with Gasteiger partial charge >= 0.3 is 6.03 Å². The lowest BCUT2D eigenvalue weighted by molar-refractivity contribution is 0.0144. The van der Waals surface area contributed by atoms with Crippen LogP contribution in [-0.2, 0) is 26.0 Å². The SMILES string of the molecule is O=C(NCCCCCC(OCCN1CCOCC1)S(=O)(=O)NC1CCCCC1)NCc1cccnc1. The van der Waals surface area contributed by atoms with Gasteiger partial charge in [-0.3, -0.25) is 9.88 Å². The minimum Gasteiger partial charge on any atom is -0.379 e. The van der Waals surface area contributed by atoms with E-state index < -0.39 is 15.5 Å². The van der Waals surface area contributed by atoms with E-state index in [0.717, 1.165) is 57.2 Å². The summed E-state index contributed by atoms with van der Waals surface area (Å²) in [6, 6.07) is 3.54. The molecule has 3 rings (SSSR count). The number of carbonyl (C=O) groups excluding carboxylic acids is 1. The number of rotatable bonds is 15. The van der Waals surface area contributed by atoms with Gasteiger partial charge in [0, 0.05) is 51.2 Å². The number of nitrogens with one attached hydrogen (secondary N) is 3. The molecule has 1 saturated carbocycles. The number of carbonyl (C=O) groups is 1. The Kier molecular flexibility index (Phi) is 12.9. The lowest BCUT2D eigenvalue weighted by atomic mass is 9.96. The summed E-state index contributed by atoms with van der Waals surface area (Å²) in [5.41, 5.74) is 0.0894. The number of pyridine rings is 1. The van der Waals surface area contributed by atoms with E-state index in [1.54, 1.807) is 12.4 Å².